The zero-order valence-corrected chi connectivity index (χ0v) is 10.7. The molecule has 18 heavy (non-hydrogen) atoms. The predicted molar refractivity (Wildman–Crippen MR) is 76.6 cm³/mol. The van der Waals surface area contributed by atoms with Gasteiger partial charge in [-0.15, -0.1) is 0 Å². The highest BCUT2D eigenvalue weighted by Crippen LogP contribution is 2.32. The van der Waals surface area contributed by atoms with Gasteiger partial charge in [-0.05, 0) is 43.7 Å². The lowest BCUT2D eigenvalue weighted by atomic mass is 10.0. The standard InChI is InChI=1S/C15H18N2O/c1-3-18-15-9-11(5-7-14(15)17)12-8-10(2)4-6-13(12)16/h4-9H,3,16-17H2,1-2H3. The Morgan fingerprint density at radius 2 is 1.72 bits per heavy atom. The van der Waals surface area contributed by atoms with E-state index in [9.17, 15) is 0 Å². The number of rotatable bonds is 3. The van der Waals surface area contributed by atoms with Crippen molar-refractivity contribution in [2.75, 3.05) is 18.1 Å². The molecule has 0 saturated heterocycles. The molecule has 0 bridgehead atoms. The van der Waals surface area contributed by atoms with Crippen LogP contribution in [0.1, 0.15) is 12.5 Å². The van der Waals surface area contributed by atoms with Crippen LogP contribution >= 0.6 is 0 Å². The maximum absolute atomic E-state index is 6.01. The first-order valence-electron chi connectivity index (χ1n) is 6.00. The maximum atomic E-state index is 6.01. The van der Waals surface area contributed by atoms with E-state index in [2.05, 4.69) is 6.07 Å². The number of hydrogen-bond acceptors (Lipinski definition) is 3. The number of anilines is 2. The Hall–Kier alpha value is -2.16. The summed E-state index contributed by atoms with van der Waals surface area (Å²) in [6.45, 7) is 4.58. The highest BCUT2D eigenvalue weighted by molar-refractivity contribution is 5.79. The van der Waals surface area contributed by atoms with Gasteiger partial charge in [0.2, 0.25) is 0 Å². The average Bonchev–Trinajstić information content (AvgIpc) is 2.35. The molecule has 94 valence electrons. The molecule has 3 heteroatoms. The molecule has 0 aliphatic rings. The summed E-state index contributed by atoms with van der Waals surface area (Å²) >= 11 is 0. The summed E-state index contributed by atoms with van der Waals surface area (Å²) in [4.78, 5) is 0. The van der Waals surface area contributed by atoms with E-state index in [0.29, 0.717) is 18.0 Å². The molecule has 0 unspecified atom stereocenters. The fourth-order valence-corrected chi connectivity index (χ4v) is 1.90. The predicted octanol–water partition coefficient (Wildman–Crippen LogP) is 3.23. The van der Waals surface area contributed by atoms with Gasteiger partial charge in [0.15, 0.2) is 0 Å². The molecule has 0 heterocycles. The Morgan fingerprint density at radius 1 is 1.00 bits per heavy atom. The molecule has 0 amide bonds. The molecule has 0 aliphatic heterocycles. The number of nitrogens with two attached hydrogens (primary N) is 2. The van der Waals surface area contributed by atoms with Crippen molar-refractivity contribution in [2.45, 2.75) is 13.8 Å². The van der Waals surface area contributed by atoms with Crippen molar-refractivity contribution in [1.29, 1.82) is 0 Å². The van der Waals surface area contributed by atoms with E-state index in [1.165, 1.54) is 5.56 Å². The fraction of sp³-hybridized carbons (Fsp3) is 0.200. The first-order chi connectivity index (χ1) is 8.61. The van der Waals surface area contributed by atoms with Crippen LogP contribution in [-0.4, -0.2) is 6.61 Å². The first kappa shape index (κ1) is 12.3. The van der Waals surface area contributed by atoms with Crippen LogP contribution in [0.3, 0.4) is 0 Å². The van der Waals surface area contributed by atoms with Crippen molar-refractivity contribution in [1.82, 2.24) is 0 Å². The molecule has 3 nitrogen and oxygen atoms in total. The van der Waals surface area contributed by atoms with Gasteiger partial charge in [0, 0.05) is 11.3 Å². The number of benzene rings is 2. The zero-order valence-electron chi connectivity index (χ0n) is 10.7. The van der Waals surface area contributed by atoms with Crippen LogP contribution in [0.4, 0.5) is 11.4 Å². The van der Waals surface area contributed by atoms with E-state index in [1.807, 2.05) is 44.2 Å². The molecule has 2 aromatic carbocycles. The molecule has 0 aliphatic carbocycles. The van der Waals surface area contributed by atoms with Gasteiger partial charge in [-0.2, -0.15) is 0 Å². The van der Waals surface area contributed by atoms with Gasteiger partial charge < -0.3 is 16.2 Å². The second-order valence-corrected chi connectivity index (χ2v) is 4.28. The summed E-state index contributed by atoms with van der Waals surface area (Å²) in [5, 5.41) is 0. The van der Waals surface area contributed by atoms with Crippen molar-refractivity contribution in [2.24, 2.45) is 0 Å². The van der Waals surface area contributed by atoms with E-state index in [4.69, 9.17) is 16.2 Å². The van der Waals surface area contributed by atoms with Crippen LogP contribution in [0.15, 0.2) is 36.4 Å². The summed E-state index contributed by atoms with van der Waals surface area (Å²) in [5.74, 6) is 0.705. The van der Waals surface area contributed by atoms with E-state index >= 15 is 0 Å². The van der Waals surface area contributed by atoms with Gasteiger partial charge in [0.1, 0.15) is 5.75 Å². The third-order valence-electron chi connectivity index (χ3n) is 2.83. The second-order valence-electron chi connectivity index (χ2n) is 4.28. The number of nitrogen functional groups attached to an aromatic ring is 2. The Bertz CT molecular complexity index is 564. The molecule has 0 aromatic heterocycles. The lowest BCUT2D eigenvalue weighted by Gasteiger charge is -2.11. The van der Waals surface area contributed by atoms with Crippen LogP contribution in [0.5, 0.6) is 5.75 Å². The Kier molecular flexibility index (Phi) is 3.42. The van der Waals surface area contributed by atoms with Gasteiger partial charge in [-0.1, -0.05) is 17.7 Å². The Morgan fingerprint density at radius 3 is 2.44 bits per heavy atom. The summed E-state index contributed by atoms with van der Waals surface area (Å²) in [7, 11) is 0. The second kappa shape index (κ2) is 5.00. The first-order valence-corrected chi connectivity index (χ1v) is 6.00. The largest absolute Gasteiger partial charge is 0.492 e. The van der Waals surface area contributed by atoms with Crippen molar-refractivity contribution in [3.63, 3.8) is 0 Å². The van der Waals surface area contributed by atoms with E-state index in [-0.39, 0.29) is 0 Å². The molecular weight excluding hydrogens is 224 g/mol. The number of hydrogen-bond donors (Lipinski definition) is 2. The van der Waals surface area contributed by atoms with Crippen LogP contribution in [0.2, 0.25) is 0 Å². The third kappa shape index (κ3) is 2.40. The minimum absolute atomic E-state index is 0.594. The van der Waals surface area contributed by atoms with Crippen molar-refractivity contribution < 1.29 is 4.74 Å². The third-order valence-corrected chi connectivity index (χ3v) is 2.83. The van der Waals surface area contributed by atoms with Crippen molar-refractivity contribution >= 4 is 11.4 Å². The summed E-state index contributed by atoms with van der Waals surface area (Å²) in [6.07, 6.45) is 0. The van der Waals surface area contributed by atoms with Crippen LogP contribution in [0.25, 0.3) is 11.1 Å². The number of aryl methyl sites for hydroxylation is 1. The smallest absolute Gasteiger partial charge is 0.142 e. The summed E-state index contributed by atoms with van der Waals surface area (Å²) in [6, 6.07) is 11.7. The SMILES string of the molecule is CCOc1cc(-c2cc(C)ccc2N)ccc1N. The van der Waals surface area contributed by atoms with Gasteiger partial charge in [0.25, 0.3) is 0 Å². The van der Waals surface area contributed by atoms with E-state index in [1.54, 1.807) is 0 Å². The highest BCUT2D eigenvalue weighted by atomic mass is 16.5. The summed E-state index contributed by atoms with van der Waals surface area (Å²) in [5.41, 5.74) is 16.5. The van der Waals surface area contributed by atoms with Crippen molar-refractivity contribution in [3.8, 4) is 16.9 Å². The molecule has 0 fully saturated rings. The van der Waals surface area contributed by atoms with E-state index in [0.717, 1.165) is 16.8 Å². The fourth-order valence-electron chi connectivity index (χ4n) is 1.90. The average molecular weight is 242 g/mol. The topological polar surface area (TPSA) is 61.3 Å². The minimum atomic E-state index is 0.594. The molecule has 2 aromatic rings. The zero-order chi connectivity index (χ0) is 13.1. The highest BCUT2D eigenvalue weighted by Gasteiger charge is 2.07. The quantitative estimate of drug-likeness (QED) is 0.812. The summed E-state index contributed by atoms with van der Waals surface area (Å²) < 4.78 is 5.50. The molecule has 0 radical (unpaired) electrons. The molecule has 0 atom stereocenters. The van der Waals surface area contributed by atoms with Gasteiger partial charge in [-0.25, -0.2) is 0 Å². The normalized spacial score (nSPS) is 10.3. The monoisotopic (exact) mass is 242 g/mol. The van der Waals surface area contributed by atoms with Crippen LogP contribution < -0.4 is 16.2 Å². The maximum Gasteiger partial charge on any atom is 0.142 e. The Balaban J connectivity index is 2.50. The van der Waals surface area contributed by atoms with Crippen molar-refractivity contribution in [3.05, 3.63) is 42.0 Å². The van der Waals surface area contributed by atoms with E-state index < -0.39 is 0 Å². The Labute approximate surface area is 107 Å². The molecule has 0 spiro atoms. The molecule has 4 N–H and O–H groups in total. The molecule has 2 rings (SSSR count). The molecular formula is C15H18N2O. The van der Waals surface area contributed by atoms with Crippen LogP contribution in [0, 0.1) is 6.92 Å². The number of ether oxygens (including phenoxy) is 1. The van der Waals surface area contributed by atoms with Crippen LogP contribution in [-0.2, 0) is 0 Å². The lowest BCUT2D eigenvalue weighted by Crippen LogP contribution is -1.98. The minimum Gasteiger partial charge on any atom is -0.492 e. The lowest BCUT2D eigenvalue weighted by molar-refractivity contribution is 0.342. The molecule has 0 saturated carbocycles. The van der Waals surface area contributed by atoms with Gasteiger partial charge in [-0.3, -0.25) is 0 Å². The van der Waals surface area contributed by atoms with Gasteiger partial charge in [0.05, 0.1) is 12.3 Å². The van der Waals surface area contributed by atoms with Gasteiger partial charge >= 0.3 is 0 Å².